The van der Waals surface area contributed by atoms with E-state index in [-0.39, 0.29) is 5.24 Å². The van der Waals surface area contributed by atoms with Gasteiger partial charge in [-0.3, -0.25) is 9.69 Å². The molecule has 1 N–H and O–H groups in total. The molecule has 1 aromatic rings. The zero-order valence-electron chi connectivity index (χ0n) is 9.65. The van der Waals surface area contributed by atoms with Gasteiger partial charge in [0.1, 0.15) is 0 Å². The van der Waals surface area contributed by atoms with Crippen LogP contribution < -0.4 is 5.32 Å². The smallest absolute Gasteiger partial charge is 0.280 e. The summed E-state index contributed by atoms with van der Waals surface area (Å²) in [5.74, 6) is 0. The van der Waals surface area contributed by atoms with Gasteiger partial charge in [-0.1, -0.05) is 18.7 Å². The number of benzene rings is 1. The Morgan fingerprint density at radius 3 is 3.12 bits per heavy atom. The van der Waals surface area contributed by atoms with E-state index < -0.39 is 0 Å². The van der Waals surface area contributed by atoms with Crippen molar-refractivity contribution >= 4 is 23.6 Å². The lowest BCUT2D eigenvalue weighted by atomic mass is 9.94. The molecule has 1 unspecified atom stereocenters. The first-order valence-electron chi connectivity index (χ1n) is 6.08. The summed E-state index contributed by atoms with van der Waals surface area (Å²) < 4.78 is 0. The number of rotatable bonds is 1. The first-order valence-corrected chi connectivity index (χ1v) is 6.53. The van der Waals surface area contributed by atoms with E-state index >= 15 is 0 Å². The van der Waals surface area contributed by atoms with E-state index in [1.54, 1.807) is 0 Å². The van der Waals surface area contributed by atoms with Crippen molar-refractivity contribution in [2.75, 3.05) is 11.9 Å². The van der Waals surface area contributed by atoms with Crippen LogP contribution in [0.3, 0.4) is 0 Å². The van der Waals surface area contributed by atoms with E-state index in [1.807, 2.05) is 6.07 Å². The van der Waals surface area contributed by atoms with Crippen LogP contribution in [0.4, 0.5) is 10.5 Å². The fourth-order valence-corrected chi connectivity index (χ4v) is 3.11. The summed E-state index contributed by atoms with van der Waals surface area (Å²) in [6.45, 7) is 2.24. The van der Waals surface area contributed by atoms with E-state index in [9.17, 15) is 4.79 Å². The van der Waals surface area contributed by atoms with Gasteiger partial charge in [-0.15, -0.1) is 0 Å². The van der Waals surface area contributed by atoms with Gasteiger partial charge >= 0.3 is 0 Å². The van der Waals surface area contributed by atoms with Gasteiger partial charge in [-0.05, 0) is 49.1 Å². The SMILES string of the molecule is O=C(S)Nc1ccc2c(c1)CN1CCCC1C2. The molecule has 2 heterocycles. The van der Waals surface area contributed by atoms with E-state index in [4.69, 9.17) is 0 Å². The van der Waals surface area contributed by atoms with E-state index in [2.05, 4.69) is 35.0 Å². The average molecular weight is 248 g/mol. The third kappa shape index (κ3) is 2.19. The maximum absolute atomic E-state index is 10.9. The van der Waals surface area contributed by atoms with Crippen molar-refractivity contribution in [1.29, 1.82) is 0 Å². The molecule has 3 rings (SSSR count). The molecule has 90 valence electrons. The fourth-order valence-electron chi connectivity index (χ4n) is 2.98. The number of nitrogens with zero attached hydrogens (tertiary/aromatic N) is 1. The molecule has 0 bridgehead atoms. The Morgan fingerprint density at radius 2 is 2.29 bits per heavy atom. The van der Waals surface area contributed by atoms with Gasteiger partial charge in [0.05, 0.1) is 0 Å². The largest absolute Gasteiger partial charge is 0.317 e. The van der Waals surface area contributed by atoms with Crippen LogP contribution in [-0.4, -0.2) is 22.7 Å². The summed E-state index contributed by atoms with van der Waals surface area (Å²) >= 11 is 3.74. The second-order valence-electron chi connectivity index (χ2n) is 4.88. The number of hydrogen-bond acceptors (Lipinski definition) is 2. The van der Waals surface area contributed by atoms with Gasteiger partial charge in [0.2, 0.25) is 0 Å². The normalized spacial score (nSPS) is 23.0. The summed E-state index contributed by atoms with van der Waals surface area (Å²) in [5, 5.41) is 2.42. The molecule has 3 nitrogen and oxygen atoms in total. The van der Waals surface area contributed by atoms with Crippen LogP contribution in [0.25, 0.3) is 0 Å². The lowest BCUT2D eigenvalue weighted by Crippen LogP contribution is -2.35. The molecule has 2 aliphatic heterocycles. The van der Waals surface area contributed by atoms with Gasteiger partial charge in [-0.2, -0.15) is 0 Å². The van der Waals surface area contributed by atoms with Gasteiger partial charge in [0.25, 0.3) is 5.24 Å². The summed E-state index contributed by atoms with van der Waals surface area (Å²) in [6, 6.07) is 6.94. The predicted molar refractivity (Wildman–Crippen MR) is 71.6 cm³/mol. The quantitative estimate of drug-likeness (QED) is 0.749. The number of hydrogen-bond donors (Lipinski definition) is 2. The Kier molecular flexibility index (Phi) is 2.84. The molecule has 17 heavy (non-hydrogen) atoms. The average Bonchev–Trinajstić information content (AvgIpc) is 2.72. The van der Waals surface area contributed by atoms with E-state index in [0.717, 1.165) is 24.7 Å². The molecule has 0 saturated carbocycles. The highest BCUT2D eigenvalue weighted by atomic mass is 32.1. The molecule has 0 spiro atoms. The molecule has 0 aliphatic carbocycles. The highest BCUT2D eigenvalue weighted by Crippen LogP contribution is 2.31. The summed E-state index contributed by atoms with van der Waals surface area (Å²) in [5.41, 5.74) is 3.63. The molecule has 1 fully saturated rings. The molecule has 1 atom stereocenters. The van der Waals surface area contributed by atoms with Crippen molar-refractivity contribution < 1.29 is 4.79 Å². The number of fused-ring (bicyclic) bond motifs is 2. The maximum atomic E-state index is 10.9. The van der Waals surface area contributed by atoms with Crippen LogP contribution in [0.5, 0.6) is 0 Å². The molecule has 1 aromatic carbocycles. The zero-order chi connectivity index (χ0) is 11.8. The summed E-state index contributed by atoms with van der Waals surface area (Å²) in [7, 11) is 0. The Morgan fingerprint density at radius 1 is 1.41 bits per heavy atom. The molecule has 1 saturated heterocycles. The van der Waals surface area contributed by atoms with E-state index in [1.165, 1.54) is 30.5 Å². The number of anilines is 1. The standard InChI is InChI=1S/C13H16N2OS/c16-13(17)14-11-4-3-9-7-12-2-1-5-15(12)8-10(9)6-11/h3-4,6,12H,1-2,5,7-8H2,(H2,14,16,17). The van der Waals surface area contributed by atoms with Gasteiger partial charge in [0, 0.05) is 18.3 Å². The molecule has 2 aliphatic rings. The topological polar surface area (TPSA) is 32.3 Å². The van der Waals surface area contributed by atoms with Gasteiger partial charge in [-0.25, -0.2) is 0 Å². The lowest BCUT2D eigenvalue weighted by Gasteiger charge is -2.31. The monoisotopic (exact) mass is 248 g/mol. The maximum Gasteiger partial charge on any atom is 0.280 e. The number of nitrogens with one attached hydrogen (secondary N) is 1. The van der Waals surface area contributed by atoms with Crippen LogP contribution in [0.1, 0.15) is 24.0 Å². The van der Waals surface area contributed by atoms with Crippen LogP contribution >= 0.6 is 12.6 Å². The minimum atomic E-state index is -0.306. The third-order valence-corrected chi connectivity index (χ3v) is 3.90. The minimum Gasteiger partial charge on any atom is -0.317 e. The first-order chi connectivity index (χ1) is 8.22. The highest BCUT2D eigenvalue weighted by molar-refractivity contribution is 7.96. The Bertz CT molecular complexity index is 461. The number of amides is 1. The molecular weight excluding hydrogens is 232 g/mol. The first kappa shape index (κ1) is 11.1. The van der Waals surface area contributed by atoms with Crippen LogP contribution in [0.15, 0.2) is 18.2 Å². The molecule has 0 aromatic heterocycles. The van der Waals surface area contributed by atoms with Crippen molar-refractivity contribution in [1.82, 2.24) is 4.90 Å². The number of carbonyl (C=O) groups excluding carboxylic acids is 1. The molecular formula is C13H16N2OS. The Hall–Kier alpha value is -1.00. The van der Waals surface area contributed by atoms with E-state index in [0.29, 0.717) is 0 Å². The molecule has 4 heteroatoms. The second kappa shape index (κ2) is 4.35. The zero-order valence-corrected chi connectivity index (χ0v) is 10.5. The van der Waals surface area contributed by atoms with Crippen LogP contribution in [0.2, 0.25) is 0 Å². The molecule has 1 amide bonds. The summed E-state index contributed by atoms with van der Waals surface area (Å²) in [4.78, 5) is 13.5. The number of carbonyl (C=O) groups is 1. The highest BCUT2D eigenvalue weighted by Gasteiger charge is 2.29. The Balaban J connectivity index is 1.86. The number of thiol groups is 1. The van der Waals surface area contributed by atoms with Gasteiger partial charge < -0.3 is 5.32 Å². The Labute approximate surface area is 107 Å². The van der Waals surface area contributed by atoms with Crippen LogP contribution in [0, 0.1) is 0 Å². The van der Waals surface area contributed by atoms with Crippen LogP contribution in [-0.2, 0) is 13.0 Å². The summed E-state index contributed by atoms with van der Waals surface area (Å²) in [6.07, 6.45) is 3.80. The minimum absolute atomic E-state index is 0.306. The fraction of sp³-hybridized carbons (Fsp3) is 0.462. The van der Waals surface area contributed by atoms with Crippen molar-refractivity contribution in [3.8, 4) is 0 Å². The van der Waals surface area contributed by atoms with Gasteiger partial charge in [0.15, 0.2) is 0 Å². The van der Waals surface area contributed by atoms with Crippen molar-refractivity contribution in [3.05, 3.63) is 29.3 Å². The van der Waals surface area contributed by atoms with Crippen molar-refractivity contribution in [2.24, 2.45) is 0 Å². The third-order valence-electron chi connectivity index (χ3n) is 3.79. The lowest BCUT2D eigenvalue weighted by molar-refractivity contribution is 0.227. The molecule has 0 radical (unpaired) electrons. The van der Waals surface area contributed by atoms with Crippen molar-refractivity contribution in [3.63, 3.8) is 0 Å². The predicted octanol–water partition coefficient (Wildman–Crippen LogP) is 2.67. The van der Waals surface area contributed by atoms with Crippen molar-refractivity contribution in [2.45, 2.75) is 31.8 Å². The second-order valence-corrected chi connectivity index (χ2v) is 5.29.